The Kier molecular flexibility index (Phi) is 2.47. The SMILES string of the molecule is COc1ccc2c(c1)sc1nc(-c3ccccc3)nn12. The quantitative estimate of drug-likeness (QED) is 0.563. The van der Waals surface area contributed by atoms with E-state index < -0.39 is 0 Å². The van der Waals surface area contributed by atoms with Gasteiger partial charge in [0.05, 0.1) is 17.3 Å². The second kappa shape index (κ2) is 4.31. The lowest BCUT2D eigenvalue weighted by Crippen LogP contribution is -1.86. The maximum atomic E-state index is 5.24. The lowest BCUT2D eigenvalue weighted by atomic mass is 10.2. The molecule has 0 bridgehead atoms. The van der Waals surface area contributed by atoms with Crippen molar-refractivity contribution in [2.45, 2.75) is 0 Å². The predicted molar refractivity (Wildman–Crippen MR) is 80.4 cm³/mol. The molecule has 0 atom stereocenters. The molecule has 20 heavy (non-hydrogen) atoms. The van der Waals surface area contributed by atoms with E-state index in [1.54, 1.807) is 18.4 Å². The summed E-state index contributed by atoms with van der Waals surface area (Å²) in [6.07, 6.45) is 0. The fourth-order valence-corrected chi connectivity index (χ4v) is 3.20. The highest BCUT2D eigenvalue weighted by molar-refractivity contribution is 7.23. The molecule has 2 heterocycles. The van der Waals surface area contributed by atoms with E-state index in [-0.39, 0.29) is 0 Å². The second-order valence-electron chi connectivity index (χ2n) is 4.43. The van der Waals surface area contributed by atoms with Gasteiger partial charge in [0, 0.05) is 5.56 Å². The molecule has 2 aromatic carbocycles. The Morgan fingerprint density at radius 1 is 1.10 bits per heavy atom. The van der Waals surface area contributed by atoms with E-state index in [1.807, 2.05) is 53.0 Å². The van der Waals surface area contributed by atoms with Crippen molar-refractivity contribution in [3.63, 3.8) is 0 Å². The van der Waals surface area contributed by atoms with Gasteiger partial charge in [0.25, 0.3) is 0 Å². The standard InChI is InChI=1S/C15H11N3OS/c1-19-11-7-8-12-13(9-11)20-15-16-14(17-18(12)15)10-5-3-2-4-6-10/h2-9H,1H3. The molecule has 0 aliphatic carbocycles. The molecule has 0 amide bonds. The van der Waals surface area contributed by atoms with Crippen LogP contribution in [-0.4, -0.2) is 21.7 Å². The normalized spacial score (nSPS) is 11.2. The molecule has 0 saturated heterocycles. The minimum absolute atomic E-state index is 0.759. The van der Waals surface area contributed by atoms with Crippen LogP contribution in [0.2, 0.25) is 0 Å². The maximum absolute atomic E-state index is 5.24. The number of methoxy groups -OCH3 is 1. The molecule has 0 aliphatic heterocycles. The van der Waals surface area contributed by atoms with Gasteiger partial charge in [0.1, 0.15) is 5.75 Å². The molecule has 2 aromatic heterocycles. The molecule has 0 aliphatic rings. The van der Waals surface area contributed by atoms with Crippen molar-refractivity contribution in [3.05, 3.63) is 48.5 Å². The molecular weight excluding hydrogens is 270 g/mol. The Morgan fingerprint density at radius 2 is 1.95 bits per heavy atom. The Hall–Kier alpha value is -2.40. The van der Waals surface area contributed by atoms with Crippen LogP contribution in [0, 0.1) is 0 Å². The Bertz CT molecular complexity index is 895. The van der Waals surface area contributed by atoms with Gasteiger partial charge in [-0.15, -0.1) is 5.10 Å². The number of nitrogens with zero attached hydrogens (tertiary/aromatic N) is 3. The van der Waals surface area contributed by atoms with Gasteiger partial charge in [-0.05, 0) is 18.2 Å². The van der Waals surface area contributed by atoms with E-state index in [0.717, 1.165) is 32.3 Å². The van der Waals surface area contributed by atoms with E-state index >= 15 is 0 Å². The summed E-state index contributed by atoms with van der Waals surface area (Å²) >= 11 is 1.62. The Labute approximate surface area is 119 Å². The van der Waals surface area contributed by atoms with Gasteiger partial charge in [-0.1, -0.05) is 41.7 Å². The van der Waals surface area contributed by atoms with Crippen LogP contribution in [0.5, 0.6) is 5.75 Å². The van der Waals surface area contributed by atoms with Crippen LogP contribution in [0.1, 0.15) is 0 Å². The third kappa shape index (κ3) is 1.67. The zero-order chi connectivity index (χ0) is 13.5. The van der Waals surface area contributed by atoms with Crippen LogP contribution in [0.4, 0.5) is 0 Å². The first-order chi connectivity index (χ1) is 9.85. The average Bonchev–Trinajstić information content (AvgIpc) is 3.05. The van der Waals surface area contributed by atoms with Crippen LogP contribution in [-0.2, 0) is 0 Å². The largest absolute Gasteiger partial charge is 0.497 e. The molecule has 4 rings (SSSR count). The number of hydrogen-bond acceptors (Lipinski definition) is 4. The van der Waals surface area contributed by atoms with Crippen molar-refractivity contribution < 1.29 is 4.74 Å². The van der Waals surface area contributed by atoms with E-state index in [4.69, 9.17) is 4.74 Å². The minimum Gasteiger partial charge on any atom is -0.497 e. The number of benzene rings is 2. The Morgan fingerprint density at radius 3 is 2.75 bits per heavy atom. The van der Waals surface area contributed by atoms with Crippen LogP contribution < -0.4 is 4.74 Å². The summed E-state index contributed by atoms with van der Waals surface area (Å²) in [6, 6.07) is 16.0. The van der Waals surface area contributed by atoms with Gasteiger partial charge in [-0.3, -0.25) is 0 Å². The lowest BCUT2D eigenvalue weighted by Gasteiger charge is -1.98. The number of rotatable bonds is 2. The monoisotopic (exact) mass is 281 g/mol. The highest BCUT2D eigenvalue weighted by Crippen LogP contribution is 2.30. The van der Waals surface area contributed by atoms with E-state index in [2.05, 4.69) is 10.1 Å². The third-order valence-corrected chi connectivity index (χ3v) is 4.20. The van der Waals surface area contributed by atoms with Crippen LogP contribution in [0.15, 0.2) is 48.5 Å². The molecule has 0 radical (unpaired) electrons. The summed E-state index contributed by atoms with van der Waals surface area (Å²) in [5.41, 5.74) is 2.09. The molecule has 0 fully saturated rings. The summed E-state index contributed by atoms with van der Waals surface area (Å²) in [4.78, 5) is 5.50. The smallest absolute Gasteiger partial charge is 0.213 e. The molecular formula is C15H11N3OS. The molecule has 5 heteroatoms. The molecule has 4 aromatic rings. The fourth-order valence-electron chi connectivity index (χ4n) is 2.21. The van der Waals surface area contributed by atoms with Gasteiger partial charge in [-0.2, -0.15) is 4.98 Å². The predicted octanol–water partition coefficient (Wildman–Crippen LogP) is 3.62. The lowest BCUT2D eigenvalue weighted by molar-refractivity contribution is 0.415. The van der Waals surface area contributed by atoms with Crippen molar-refractivity contribution >= 4 is 26.5 Å². The molecule has 4 nitrogen and oxygen atoms in total. The number of hydrogen-bond donors (Lipinski definition) is 0. The molecule has 0 unspecified atom stereocenters. The first-order valence-electron chi connectivity index (χ1n) is 6.24. The van der Waals surface area contributed by atoms with Crippen molar-refractivity contribution in [2.75, 3.05) is 7.11 Å². The van der Waals surface area contributed by atoms with Crippen LogP contribution in [0.3, 0.4) is 0 Å². The second-order valence-corrected chi connectivity index (χ2v) is 5.44. The highest BCUT2D eigenvalue weighted by atomic mass is 32.1. The van der Waals surface area contributed by atoms with Gasteiger partial charge < -0.3 is 4.74 Å². The van der Waals surface area contributed by atoms with Crippen molar-refractivity contribution in [2.24, 2.45) is 0 Å². The Balaban J connectivity index is 1.93. The van der Waals surface area contributed by atoms with Crippen LogP contribution in [0.25, 0.3) is 26.6 Å². The zero-order valence-corrected chi connectivity index (χ0v) is 11.6. The van der Waals surface area contributed by atoms with Gasteiger partial charge in [-0.25, -0.2) is 4.52 Å². The minimum atomic E-state index is 0.759. The van der Waals surface area contributed by atoms with Crippen molar-refractivity contribution in [3.8, 4) is 17.1 Å². The fraction of sp³-hybridized carbons (Fsp3) is 0.0667. The van der Waals surface area contributed by atoms with Crippen molar-refractivity contribution in [1.29, 1.82) is 0 Å². The number of thiazole rings is 1. The summed E-state index contributed by atoms with van der Waals surface area (Å²) in [5, 5.41) is 4.60. The molecule has 0 spiro atoms. The summed E-state index contributed by atoms with van der Waals surface area (Å²) in [7, 11) is 1.67. The van der Waals surface area contributed by atoms with Crippen LogP contribution >= 0.6 is 11.3 Å². The average molecular weight is 281 g/mol. The number of ether oxygens (including phenoxy) is 1. The molecule has 0 saturated carbocycles. The maximum Gasteiger partial charge on any atom is 0.213 e. The third-order valence-electron chi connectivity index (χ3n) is 3.21. The van der Waals surface area contributed by atoms with Crippen molar-refractivity contribution in [1.82, 2.24) is 14.6 Å². The van der Waals surface area contributed by atoms with Gasteiger partial charge >= 0.3 is 0 Å². The first-order valence-corrected chi connectivity index (χ1v) is 7.05. The van der Waals surface area contributed by atoms with E-state index in [9.17, 15) is 0 Å². The van der Waals surface area contributed by atoms with E-state index in [1.165, 1.54) is 0 Å². The molecule has 0 N–H and O–H groups in total. The van der Waals surface area contributed by atoms with Gasteiger partial charge in [0.15, 0.2) is 5.82 Å². The topological polar surface area (TPSA) is 39.4 Å². The number of aromatic nitrogens is 3. The number of fused-ring (bicyclic) bond motifs is 3. The summed E-state index contributed by atoms with van der Waals surface area (Å²) < 4.78 is 8.26. The summed E-state index contributed by atoms with van der Waals surface area (Å²) in [5.74, 6) is 1.61. The first kappa shape index (κ1) is 11.4. The summed E-state index contributed by atoms with van der Waals surface area (Å²) in [6.45, 7) is 0. The zero-order valence-electron chi connectivity index (χ0n) is 10.8. The highest BCUT2D eigenvalue weighted by Gasteiger charge is 2.12. The van der Waals surface area contributed by atoms with Gasteiger partial charge in [0.2, 0.25) is 4.96 Å². The van der Waals surface area contributed by atoms with E-state index in [0.29, 0.717) is 0 Å². The molecule has 98 valence electrons.